The molecular formula is C17H27N3O6S2. The molecule has 0 saturated heterocycles. The Morgan fingerprint density at radius 1 is 1.32 bits per heavy atom. The Morgan fingerprint density at radius 3 is 2.43 bits per heavy atom. The summed E-state index contributed by atoms with van der Waals surface area (Å²) in [5, 5.41) is 9.72. The summed E-state index contributed by atoms with van der Waals surface area (Å²) >= 11 is 0.977. The van der Waals surface area contributed by atoms with Crippen molar-refractivity contribution in [2.45, 2.75) is 57.6 Å². The fourth-order valence-electron chi connectivity index (χ4n) is 2.16. The van der Waals surface area contributed by atoms with Gasteiger partial charge in [0.05, 0.1) is 12.0 Å². The molecule has 1 rings (SSSR count). The second-order valence-electron chi connectivity index (χ2n) is 7.43. The van der Waals surface area contributed by atoms with Crippen molar-refractivity contribution in [1.29, 1.82) is 0 Å². The number of carbonyl (C=O) groups is 3. The number of nitrogens with one attached hydrogen (secondary N) is 1. The molecule has 1 aromatic heterocycles. The van der Waals surface area contributed by atoms with Gasteiger partial charge in [0.15, 0.2) is 0 Å². The molecule has 0 bridgehead atoms. The normalized spacial score (nSPS) is 14.7. The van der Waals surface area contributed by atoms with Crippen LogP contribution in [0.5, 0.6) is 0 Å². The molecule has 0 spiro atoms. The zero-order valence-corrected chi connectivity index (χ0v) is 18.4. The summed E-state index contributed by atoms with van der Waals surface area (Å²) in [5.74, 6) is -1.56. The molecule has 1 unspecified atom stereocenters. The molecule has 9 nitrogen and oxygen atoms in total. The van der Waals surface area contributed by atoms with Crippen molar-refractivity contribution in [2.75, 3.05) is 7.11 Å². The molecule has 158 valence electrons. The van der Waals surface area contributed by atoms with Crippen LogP contribution in [-0.2, 0) is 24.2 Å². The van der Waals surface area contributed by atoms with E-state index in [2.05, 4.69) is 14.4 Å². The number of thiophene rings is 1. The van der Waals surface area contributed by atoms with Crippen molar-refractivity contribution < 1.29 is 28.1 Å². The Labute approximate surface area is 169 Å². The maximum absolute atomic E-state index is 12.9. The lowest BCUT2D eigenvalue weighted by Crippen LogP contribution is -2.44. The van der Waals surface area contributed by atoms with E-state index >= 15 is 0 Å². The van der Waals surface area contributed by atoms with E-state index in [1.807, 2.05) is 13.8 Å². The molecule has 2 atom stereocenters. The first kappa shape index (κ1) is 24.1. The van der Waals surface area contributed by atoms with Crippen molar-refractivity contribution in [3.63, 3.8) is 0 Å². The van der Waals surface area contributed by atoms with Gasteiger partial charge in [0.2, 0.25) is 0 Å². The Kier molecular flexibility index (Phi) is 8.15. The van der Waals surface area contributed by atoms with Crippen LogP contribution in [0.4, 0.5) is 4.79 Å². The van der Waals surface area contributed by atoms with Crippen LogP contribution in [0.2, 0.25) is 0 Å². The Hall–Kier alpha value is -1.98. The third-order valence-corrected chi connectivity index (χ3v) is 5.68. The van der Waals surface area contributed by atoms with Crippen molar-refractivity contribution in [1.82, 2.24) is 5.32 Å². The molecule has 0 radical (unpaired) electrons. The van der Waals surface area contributed by atoms with Crippen LogP contribution >= 0.6 is 11.3 Å². The average Bonchev–Trinajstić information content (AvgIpc) is 3.01. The topological polar surface area (TPSA) is 137 Å². The van der Waals surface area contributed by atoms with Crippen LogP contribution in [0.1, 0.15) is 50.7 Å². The molecule has 3 N–H and O–H groups in total. The predicted octanol–water partition coefficient (Wildman–Crippen LogP) is 2.70. The van der Waals surface area contributed by atoms with Gasteiger partial charge in [0, 0.05) is 0 Å². The van der Waals surface area contributed by atoms with Crippen molar-refractivity contribution in [3.8, 4) is 0 Å². The number of ether oxygens (including phenoxy) is 2. The van der Waals surface area contributed by atoms with E-state index in [0.717, 1.165) is 11.3 Å². The van der Waals surface area contributed by atoms with Gasteiger partial charge >= 0.3 is 12.1 Å². The summed E-state index contributed by atoms with van der Waals surface area (Å²) < 4.78 is 26.3. The molecule has 0 aromatic carbocycles. The fraction of sp³-hybridized carbons (Fsp3) is 0.588. The first-order valence-electron chi connectivity index (χ1n) is 8.51. The molecule has 0 aliphatic heterocycles. The molecular weight excluding hydrogens is 406 g/mol. The minimum Gasteiger partial charge on any atom is -0.465 e. The molecule has 0 saturated carbocycles. The summed E-state index contributed by atoms with van der Waals surface area (Å²) in [6.45, 7) is 8.77. The summed E-state index contributed by atoms with van der Waals surface area (Å²) in [6.07, 6.45) is -0.555. The van der Waals surface area contributed by atoms with E-state index in [0.29, 0.717) is 0 Å². The SMILES string of the molecule is COC(=O)c1sccc1S(N)(=O)=NC(=O)[C@H](CC(C)C)NC(=O)OC(C)(C)C. The van der Waals surface area contributed by atoms with Gasteiger partial charge in [-0.3, -0.25) is 4.79 Å². The van der Waals surface area contributed by atoms with Crippen molar-refractivity contribution in [2.24, 2.45) is 15.4 Å². The molecule has 0 fully saturated rings. The van der Waals surface area contributed by atoms with E-state index < -0.39 is 39.5 Å². The van der Waals surface area contributed by atoms with Crippen LogP contribution in [0, 0.1) is 5.92 Å². The number of alkyl carbamates (subject to hydrolysis) is 1. The second kappa shape index (κ2) is 9.48. The molecule has 28 heavy (non-hydrogen) atoms. The van der Waals surface area contributed by atoms with Gasteiger partial charge in [-0.05, 0) is 44.6 Å². The van der Waals surface area contributed by atoms with Crippen LogP contribution in [0.15, 0.2) is 20.7 Å². The van der Waals surface area contributed by atoms with E-state index in [1.165, 1.54) is 18.6 Å². The van der Waals surface area contributed by atoms with Crippen molar-refractivity contribution >= 4 is 39.2 Å². The van der Waals surface area contributed by atoms with E-state index in [1.54, 1.807) is 20.8 Å². The molecule has 11 heteroatoms. The lowest BCUT2D eigenvalue weighted by atomic mass is 10.0. The van der Waals surface area contributed by atoms with Gasteiger partial charge in [0.1, 0.15) is 26.4 Å². The molecule has 0 aliphatic rings. The smallest absolute Gasteiger partial charge is 0.408 e. The number of hydrogen-bond donors (Lipinski definition) is 2. The standard InChI is InChI=1S/C17H27N3O6S2/c1-10(2)9-11(19-16(23)26-17(3,4)5)14(21)20-28(18,24)12-7-8-27-13(12)15(22)25-6/h7-8,10-11H,9H2,1-6H3,(H,19,23)(H2,18,20,21,24)/t11-,28?/m0/s1. The van der Waals surface area contributed by atoms with E-state index in [9.17, 15) is 18.6 Å². The van der Waals surface area contributed by atoms with Gasteiger partial charge in [-0.15, -0.1) is 15.7 Å². The lowest BCUT2D eigenvalue weighted by molar-refractivity contribution is -0.120. The highest BCUT2D eigenvalue weighted by atomic mass is 32.2. The Balaban J connectivity index is 3.18. The number of nitrogens with zero attached hydrogens (tertiary/aromatic N) is 1. The highest BCUT2D eigenvalue weighted by Crippen LogP contribution is 2.23. The highest BCUT2D eigenvalue weighted by molar-refractivity contribution is 7.92. The van der Waals surface area contributed by atoms with Crippen LogP contribution in [0.3, 0.4) is 0 Å². The lowest BCUT2D eigenvalue weighted by Gasteiger charge is -2.23. The quantitative estimate of drug-likeness (QED) is 0.662. The van der Waals surface area contributed by atoms with Crippen LogP contribution < -0.4 is 10.5 Å². The zero-order valence-electron chi connectivity index (χ0n) is 16.8. The molecule has 1 aromatic rings. The third-order valence-electron chi connectivity index (χ3n) is 3.24. The van der Waals surface area contributed by atoms with Crippen LogP contribution in [0.25, 0.3) is 0 Å². The maximum Gasteiger partial charge on any atom is 0.408 e. The minimum atomic E-state index is -3.71. The fourth-order valence-corrected chi connectivity index (χ4v) is 4.56. The summed E-state index contributed by atoms with van der Waals surface area (Å²) in [4.78, 5) is 36.4. The number of hydrogen-bond acceptors (Lipinski definition) is 7. The predicted molar refractivity (Wildman–Crippen MR) is 106 cm³/mol. The van der Waals surface area contributed by atoms with Gasteiger partial charge < -0.3 is 14.8 Å². The van der Waals surface area contributed by atoms with E-state index in [4.69, 9.17) is 9.88 Å². The summed E-state index contributed by atoms with van der Waals surface area (Å²) in [6, 6.07) is 0.286. The first-order valence-corrected chi connectivity index (χ1v) is 11.0. The van der Waals surface area contributed by atoms with Gasteiger partial charge in [-0.2, -0.15) is 0 Å². The number of carbonyl (C=O) groups excluding carboxylic acids is 3. The average molecular weight is 434 g/mol. The van der Waals surface area contributed by atoms with Gasteiger partial charge in [-0.1, -0.05) is 13.8 Å². The second-order valence-corrected chi connectivity index (χ2v) is 10.1. The Morgan fingerprint density at radius 2 is 1.93 bits per heavy atom. The molecule has 0 aliphatic carbocycles. The maximum atomic E-state index is 12.9. The Bertz CT molecular complexity index is 847. The summed E-state index contributed by atoms with van der Waals surface area (Å²) in [7, 11) is -2.53. The number of rotatable bonds is 6. The molecule has 1 heterocycles. The third kappa shape index (κ3) is 7.21. The highest BCUT2D eigenvalue weighted by Gasteiger charge is 2.28. The van der Waals surface area contributed by atoms with Crippen molar-refractivity contribution in [3.05, 3.63) is 16.3 Å². The van der Waals surface area contributed by atoms with Crippen LogP contribution in [-0.4, -0.2) is 40.9 Å². The van der Waals surface area contributed by atoms with E-state index in [-0.39, 0.29) is 22.1 Å². The first-order chi connectivity index (χ1) is 12.8. The molecule has 2 amide bonds. The minimum absolute atomic E-state index is 0.00654. The van der Waals surface area contributed by atoms with Gasteiger partial charge in [-0.25, -0.2) is 18.9 Å². The summed E-state index contributed by atoms with van der Waals surface area (Å²) in [5.41, 5.74) is -0.750. The van der Waals surface area contributed by atoms with Gasteiger partial charge in [0.25, 0.3) is 5.91 Å². The largest absolute Gasteiger partial charge is 0.465 e. The zero-order chi connectivity index (χ0) is 21.7. The monoisotopic (exact) mass is 433 g/mol. The number of nitrogens with two attached hydrogens (primary N) is 1. The number of amides is 2. The number of methoxy groups -OCH3 is 1. The number of esters is 1.